The molecular formula is C15H24N2O2S. The summed E-state index contributed by atoms with van der Waals surface area (Å²) in [6.07, 6.45) is 4.06. The lowest BCUT2D eigenvalue weighted by Gasteiger charge is -2.22. The van der Waals surface area contributed by atoms with Crippen molar-refractivity contribution in [3.8, 4) is 0 Å². The Bertz CT molecular complexity index is 455. The van der Waals surface area contributed by atoms with Crippen molar-refractivity contribution >= 4 is 17.4 Å². The van der Waals surface area contributed by atoms with Crippen molar-refractivity contribution < 1.29 is 9.53 Å². The van der Waals surface area contributed by atoms with Gasteiger partial charge in [-0.15, -0.1) is 11.3 Å². The number of alkyl carbamates (subject to hydrolysis) is 1. The van der Waals surface area contributed by atoms with Crippen LogP contribution < -0.4 is 11.1 Å². The lowest BCUT2D eigenvalue weighted by molar-refractivity contribution is 0.0506. The van der Waals surface area contributed by atoms with Crippen LogP contribution in [0.1, 0.15) is 42.5 Å². The Morgan fingerprint density at radius 1 is 1.50 bits per heavy atom. The largest absolute Gasteiger partial charge is 0.444 e. The number of carbonyl (C=O) groups excluding carboxylic acids is 1. The zero-order chi connectivity index (χ0) is 14.8. The molecule has 112 valence electrons. The minimum Gasteiger partial charge on any atom is -0.444 e. The summed E-state index contributed by atoms with van der Waals surface area (Å²) in [6.45, 7) is 5.98. The highest BCUT2D eigenvalue weighted by Gasteiger charge is 2.21. The van der Waals surface area contributed by atoms with E-state index < -0.39 is 11.7 Å². The van der Waals surface area contributed by atoms with E-state index >= 15 is 0 Å². The molecule has 0 spiro atoms. The quantitative estimate of drug-likeness (QED) is 0.897. The summed E-state index contributed by atoms with van der Waals surface area (Å²) in [5, 5.41) is 2.86. The number of nitrogens with one attached hydrogen (secondary N) is 1. The van der Waals surface area contributed by atoms with Crippen LogP contribution in [-0.2, 0) is 24.0 Å². The van der Waals surface area contributed by atoms with E-state index in [1.807, 2.05) is 32.1 Å². The fourth-order valence-electron chi connectivity index (χ4n) is 2.40. The van der Waals surface area contributed by atoms with Gasteiger partial charge in [0.25, 0.3) is 0 Å². The van der Waals surface area contributed by atoms with Gasteiger partial charge >= 0.3 is 6.09 Å². The minimum absolute atomic E-state index is 0.0661. The van der Waals surface area contributed by atoms with Gasteiger partial charge < -0.3 is 15.8 Å². The average Bonchev–Trinajstić information content (AvgIpc) is 2.85. The van der Waals surface area contributed by atoms with Crippen LogP contribution in [0.5, 0.6) is 0 Å². The number of thiophene rings is 1. The smallest absolute Gasteiger partial charge is 0.407 e. The lowest BCUT2D eigenvalue weighted by atomic mass is 10.1. The van der Waals surface area contributed by atoms with Crippen LogP contribution in [0, 0.1) is 0 Å². The molecule has 0 radical (unpaired) electrons. The van der Waals surface area contributed by atoms with Gasteiger partial charge in [-0.3, -0.25) is 0 Å². The number of ether oxygens (including phenoxy) is 1. The Balaban J connectivity index is 1.90. The maximum absolute atomic E-state index is 11.8. The molecule has 0 aromatic carbocycles. The topological polar surface area (TPSA) is 64.3 Å². The predicted molar refractivity (Wildman–Crippen MR) is 82.3 cm³/mol. The SMILES string of the molecule is CC(C)(C)OC(=O)NC(CN)Cc1cc2c(s1)CCC2. The Labute approximate surface area is 124 Å². The Kier molecular flexibility index (Phi) is 4.70. The summed E-state index contributed by atoms with van der Waals surface area (Å²) < 4.78 is 5.27. The third kappa shape index (κ3) is 4.21. The molecule has 1 aliphatic carbocycles. The van der Waals surface area contributed by atoms with Crippen LogP contribution in [0.25, 0.3) is 0 Å². The molecule has 1 aromatic heterocycles. The number of aryl methyl sites for hydroxylation is 2. The Morgan fingerprint density at radius 3 is 2.85 bits per heavy atom. The maximum atomic E-state index is 11.8. The van der Waals surface area contributed by atoms with Gasteiger partial charge in [-0.2, -0.15) is 0 Å². The molecule has 5 heteroatoms. The second-order valence-electron chi connectivity index (χ2n) is 6.30. The normalized spacial score (nSPS) is 15.8. The van der Waals surface area contributed by atoms with E-state index in [1.165, 1.54) is 34.6 Å². The van der Waals surface area contributed by atoms with E-state index in [0.29, 0.717) is 6.54 Å². The fourth-order valence-corrected chi connectivity index (χ4v) is 3.74. The second-order valence-corrected chi connectivity index (χ2v) is 7.52. The van der Waals surface area contributed by atoms with Gasteiger partial charge in [-0.25, -0.2) is 4.79 Å². The number of nitrogens with two attached hydrogens (primary N) is 1. The summed E-state index contributed by atoms with van der Waals surface area (Å²) in [5.41, 5.74) is 6.76. The van der Waals surface area contributed by atoms with Crippen LogP contribution in [0.15, 0.2) is 6.07 Å². The zero-order valence-electron chi connectivity index (χ0n) is 12.5. The Hall–Kier alpha value is -1.07. The average molecular weight is 296 g/mol. The van der Waals surface area contributed by atoms with E-state index in [-0.39, 0.29) is 6.04 Å². The van der Waals surface area contributed by atoms with Crippen LogP contribution in [0.2, 0.25) is 0 Å². The number of rotatable bonds is 4. The van der Waals surface area contributed by atoms with Gasteiger partial charge in [0.1, 0.15) is 5.60 Å². The van der Waals surface area contributed by atoms with Crippen molar-refractivity contribution in [3.05, 3.63) is 21.4 Å². The van der Waals surface area contributed by atoms with Gasteiger partial charge in [0.15, 0.2) is 0 Å². The molecule has 2 rings (SSSR count). The number of carbonyl (C=O) groups is 1. The highest BCUT2D eigenvalue weighted by Crippen LogP contribution is 2.31. The molecule has 1 unspecified atom stereocenters. The third-order valence-electron chi connectivity index (χ3n) is 3.25. The molecule has 1 amide bonds. The summed E-state index contributed by atoms with van der Waals surface area (Å²) in [5.74, 6) is 0. The maximum Gasteiger partial charge on any atom is 0.407 e. The summed E-state index contributed by atoms with van der Waals surface area (Å²) in [7, 11) is 0. The van der Waals surface area contributed by atoms with Crippen LogP contribution in [0.3, 0.4) is 0 Å². The standard InChI is InChI=1S/C15H24N2O2S/c1-15(2,3)19-14(18)17-11(9-16)8-12-7-10-5-4-6-13(10)20-12/h7,11H,4-6,8-9,16H2,1-3H3,(H,17,18). The summed E-state index contributed by atoms with van der Waals surface area (Å²) in [4.78, 5) is 14.6. The van der Waals surface area contributed by atoms with Crippen molar-refractivity contribution in [2.24, 2.45) is 5.73 Å². The zero-order valence-corrected chi connectivity index (χ0v) is 13.3. The minimum atomic E-state index is -0.479. The molecule has 1 aromatic rings. The van der Waals surface area contributed by atoms with Crippen LogP contribution in [-0.4, -0.2) is 24.3 Å². The van der Waals surface area contributed by atoms with E-state index in [2.05, 4.69) is 11.4 Å². The lowest BCUT2D eigenvalue weighted by Crippen LogP contribution is -2.44. The van der Waals surface area contributed by atoms with Gasteiger partial charge in [0.05, 0.1) is 0 Å². The molecule has 0 saturated carbocycles. The first-order chi connectivity index (χ1) is 9.37. The Morgan fingerprint density at radius 2 is 2.25 bits per heavy atom. The van der Waals surface area contributed by atoms with E-state index in [1.54, 1.807) is 0 Å². The number of hydrogen-bond acceptors (Lipinski definition) is 4. The molecule has 1 aliphatic rings. The highest BCUT2D eigenvalue weighted by atomic mass is 32.1. The molecular weight excluding hydrogens is 272 g/mol. The molecule has 0 aliphatic heterocycles. The molecule has 3 N–H and O–H groups in total. The van der Waals surface area contributed by atoms with Crippen molar-refractivity contribution in [2.75, 3.05) is 6.54 Å². The number of hydrogen-bond donors (Lipinski definition) is 2. The van der Waals surface area contributed by atoms with Crippen LogP contribution >= 0.6 is 11.3 Å². The second kappa shape index (κ2) is 6.14. The summed E-state index contributed by atoms with van der Waals surface area (Å²) >= 11 is 1.86. The first-order valence-electron chi connectivity index (χ1n) is 7.17. The van der Waals surface area contributed by atoms with E-state index in [4.69, 9.17) is 10.5 Å². The van der Waals surface area contributed by atoms with E-state index in [0.717, 1.165) is 6.42 Å². The molecule has 20 heavy (non-hydrogen) atoms. The highest BCUT2D eigenvalue weighted by molar-refractivity contribution is 7.12. The van der Waals surface area contributed by atoms with Crippen molar-refractivity contribution in [1.82, 2.24) is 5.32 Å². The monoisotopic (exact) mass is 296 g/mol. The first kappa shape index (κ1) is 15.3. The van der Waals surface area contributed by atoms with Crippen LogP contribution in [0.4, 0.5) is 4.79 Å². The van der Waals surface area contributed by atoms with Crippen molar-refractivity contribution in [2.45, 2.75) is 58.1 Å². The first-order valence-corrected chi connectivity index (χ1v) is 7.99. The van der Waals surface area contributed by atoms with Gasteiger partial charge in [-0.1, -0.05) is 0 Å². The molecule has 0 bridgehead atoms. The molecule has 4 nitrogen and oxygen atoms in total. The molecule has 1 heterocycles. The molecule has 0 fully saturated rings. The van der Waals surface area contributed by atoms with Gasteiger partial charge in [-0.05, 0) is 51.7 Å². The predicted octanol–water partition coefficient (Wildman–Crippen LogP) is 2.63. The van der Waals surface area contributed by atoms with Crippen molar-refractivity contribution in [1.29, 1.82) is 0 Å². The van der Waals surface area contributed by atoms with Crippen molar-refractivity contribution in [3.63, 3.8) is 0 Å². The summed E-state index contributed by atoms with van der Waals surface area (Å²) in [6, 6.07) is 2.20. The fraction of sp³-hybridized carbons (Fsp3) is 0.667. The third-order valence-corrected chi connectivity index (χ3v) is 4.51. The number of fused-ring (bicyclic) bond motifs is 1. The van der Waals surface area contributed by atoms with Gasteiger partial charge in [0.2, 0.25) is 0 Å². The molecule has 1 atom stereocenters. The van der Waals surface area contributed by atoms with Gasteiger partial charge in [0, 0.05) is 28.8 Å². The van der Waals surface area contributed by atoms with E-state index in [9.17, 15) is 4.79 Å². The number of amides is 1. The molecule has 0 saturated heterocycles.